The van der Waals surface area contributed by atoms with Gasteiger partial charge in [-0.25, -0.2) is 9.78 Å². The van der Waals surface area contributed by atoms with Crippen molar-refractivity contribution >= 4 is 40.2 Å². The van der Waals surface area contributed by atoms with Gasteiger partial charge in [0, 0.05) is 12.1 Å². The van der Waals surface area contributed by atoms with E-state index in [4.69, 9.17) is 0 Å². The Hall–Kier alpha value is -1.80. The van der Waals surface area contributed by atoms with E-state index in [9.17, 15) is 14.7 Å². The third-order valence-corrected chi connectivity index (χ3v) is 9.97. The molecule has 2 amide bonds. The van der Waals surface area contributed by atoms with Gasteiger partial charge in [-0.1, -0.05) is 73.1 Å². The highest BCUT2D eigenvalue weighted by Crippen LogP contribution is 2.39. The van der Waals surface area contributed by atoms with E-state index in [1.165, 1.54) is 61.6 Å². The third-order valence-electron chi connectivity index (χ3n) is 7.78. The van der Waals surface area contributed by atoms with E-state index >= 15 is 0 Å². The molecule has 6 nitrogen and oxygen atoms in total. The Kier molecular flexibility index (Phi) is 8.97. The number of amides is 2. The van der Waals surface area contributed by atoms with Crippen LogP contribution >= 0.6 is 23.1 Å². The number of allylic oxidation sites excluding steroid dienone is 4. The van der Waals surface area contributed by atoms with Crippen molar-refractivity contribution in [1.82, 2.24) is 9.88 Å². The summed E-state index contributed by atoms with van der Waals surface area (Å²) in [5.41, 5.74) is 0. The lowest BCUT2D eigenvalue weighted by Gasteiger charge is -2.42. The molecule has 0 spiro atoms. The fourth-order valence-corrected chi connectivity index (χ4v) is 8.00. The molecule has 2 N–H and O–H groups in total. The zero-order valence-corrected chi connectivity index (χ0v) is 22.6. The lowest BCUT2D eigenvalue weighted by molar-refractivity contribution is -0.138. The number of nitrogens with one attached hydrogen (secondary N) is 1. The molecule has 192 valence electrons. The Morgan fingerprint density at radius 3 is 2.37 bits per heavy atom. The number of carboxylic acid groups (broad SMARTS) is 1. The fraction of sp³-hybridized carbons (Fsp3) is 0.667. The summed E-state index contributed by atoms with van der Waals surface area (Å²) in [7, 11) is 0. The van der Waals surface area contributed by atoms with Gasteiger partial charge in [-0.2, -0.15) is 0 Å². The summed E-state index contributed by atoms with van der Waals surface area (Å²) in [6.45, 7) is 3.36. The minimum absolute atomic E-state index is 0.0377. The number of urea groups is 1. The number of carboxylic acids is 1. The molecular weight excluding hydrogens is 478 g/mol. The Balaban J connectivity index is 1.43. The normalized spacial score (nSPS) is 25.7. The van der Waals surface area contributed by atoms with Crippen LogP contribution in [0.4, 0.5) is 9.93 Å². The van der Waals surface area contributed by atoms with Crippen LogP contribution in [0.2, 0.25) is 0 Å². The van der Waals surface area contributed by atoms with Gasteiger partial charge in [-0.3, -0.25) is 10.1 Å². The van der Waals surface area contributed by atoms with Gasteiger partial charge in [0.1, 0.15) is 4.75 Å². The van der Waals surface area contributed by atoms with Crippen LogP contribution in [-0.2, 0) is 4.79 Å². The van der Waals surface area contributed by atoms with Gasteiger partial charge >= 0.3 is 12.0 Å². The van der Waals surface area contributed by atoms with Crippen molar-refractivity contribution in [1.29, 1.82) is 0 Å². The SMILES string of the molecule is CC(C)(Sc1cnc(NC(=O)N(C2CCCCCC2)[C@H]2CC[C@H](C3C=CC=CC3)CC2)s1)C(=O)O. The summed E-state index contributed by atoms with van der Waals surface area (Å²) in [5, 5.41) is 13.0. The number of hydrogen-bond acceptors (Lipinski definition) is 5. The number of rotatable bonds is 7. The number of nitrogens with zero attached hydrogens (tertiary/aromatic N) is 2. The van der Waals surface area contributed by atoms with Crippen molar-refractivity contribution in [3.8, 4) is 0 Å². The van der Waals surface area contributed by atoms with Crippen LogP contribution in [0.5, 0.6) is 0 Å². The summed E-state index contributed by atoms with van der Waals surface area (Å²) in [5.74, 6) is 0.487. The van der Waals surface area contributed by atoms with Crippen LogP contribution in [0.1, 0.15) is 84.5 Å². The molecule has 8 heteroatoms. The summed E-state index contributed by atoms with van der Waals surface area (Å²) in [4.78, 5) is 31.7. The first-order valence-electron chi connectivity index (χ1n) is 13.1. The van der Waals surface area contributed by atoms with Gasteiger partial charge < -0.3 is 10.0 Å². The molecule has 3 aliphatic carbocycles. The molecule has 35 heavy (non-hydrogen) atoms. The summed E-state index contributed by atoms with van der Waals surface area (Å²) in [6.07, 6.45) is 23.3. The van der Waals surface area contributed by atoms with Crippen molar-refractivity contribution in [3.63, 3.8) is 0 Å². The van der Waals surface area contributed by atoms with Gasteiger partial charge in [-0.05, 0) is 70.6 Å². The number of thioether (sulfide) groups is 1. The van der Waals surface area contributed by atoms with E-state index in [1.807, 2.05) is 0 Å². The molecule has 4 rings (SSSR count). The number of hydrogen-bond donors (Lipinski definition) is 2. The Labute approximate surface area is 217 Å². The van der Waals surface area contributed by atoms with Crippen LogP contribution < -0.4 is 5.32 Å². The number of thiazole rings is 1. The van der Waals surface area contributed by atoms with Gasteiger partial charge in [0.05, 0.1) is 10.4 Å². The maximum Gasteiger partial charge on any atom is 0.324 e. The summed E-state index contributed by atoms with van der Waals surface area (Å²) in [6, 6.07) is 0.526. The van der Waals surface area contributed by atoms with Crippen molar-refractivity contribution in [2.24, 2.45) is 11.8 Å². The monoisotopic (exact) mass is 517 g/mol. The first-order valence-corrected chi connectivity index (χ1v) is 14.8. The predicted octanol–water partition coefficient (Wildman–Crippen LogP) is 7.35. The van der Waals surface area contributed by atoms with Gasteiger partial charge in [0.15, 0.2) is 5.13 Å². The highest BCUT2D eigenvalue weighted by atomic mass is 32.2. The van der Waals surface area contributed by atoms with E-state index in [0.29, 0.717) is 17.0 Å². The molecule has 0 radical (unpaired) electrons. The van der Waals surface area contributed by atoms with E-state index in [-0.39, 0.29) is 18.1 Å². The van der Waals surface area contributed by atoms with E-state index in [0.717, 1.165) is 36.3 Å². The van der Waals surface area contributed by atoms with Crippen LogP contribution in [-0.4, -0.2) is 43.8 Å². The molecule has 1 aromatic rings. The maximum atomic E-state index is 13.7. The van der Waals surface area contributed by atoms with Crippen molar-refractivity contribution in [2.45, 2.75) is 106 Å². The van der Waals surface area contributed by atoms with Crippen LogP contribution in [0.3, 0.4) is 0 Å². The van der Waals surface area contributed by atoms with Gasteiger partial charge in [0.2, 0.25) is 0 Å². The number of aliphatic carboxylic acids is 1. The van der Waals surface area contributed by atoms with Crippen molar-refractivity contribution in [2.75, 3.05) is 5.32 Å². The predicted molar refractivity (Wildman–Crippen MR) is 144 cm³/mol. The van der Waals surface area contributed by atoms with Gasteiger partial charge in [0.25, 0.3) is 0 Å². The summed E-state index contributed by atoms with van der Waals surface area (Å²) >= 11 is 2.62. The number of aromatic nitrogens is 1. The zero-order valence-electron chi connectivity index (χ0n) is 20.9. The molecule has 0 aliphatic heterocycles. The Bertz CT molecular complexity index is 926. The zero-order chi connectivity index (χ0) is 24.8. The lowest BCUT2D eigenvalue weighted by atomic mass is 9.75. The molecule has 1 heterocycles. The average Bonchev–Trinajstić information content (AvgIpc) is 3.10. The quantitative estimate of drug-likeness (QED) is 0.292. The third kappa shape index (κ3) is 6.91. The largest absolute Gasteiger partial charge is 0.480 e. The number of anilines is 1. The van der Waals surface area contributed by atoms with Crippen LogP contribution in [0.15, 0.2) is 34.7 Å². The minimum Gasteiger partial charge on any atom is -0.480 e. The van der Waals surface area contributed by atoms with E-state index < -0.39 is 10.7 Å². The molecule has 1 unspecified atom stereocenters. The van der Waals surface area contributed by atoms with Crippen LogP contribution in [0, 0.1) is 11.8 Å². The molecule has 3 aliphatic rings. The second kappa shape index (κ2) is 12.0. The topological polar surface area (TPSA) is 82.5 Å². The molecule has 0 aromatic carbocycles. The number of carbonyl (C=O) groups excluding carboxylic acids is 1. The molecule has 1 atom stereocenters. The Morgan fingerprint density at radius 2 is 1.74 bits per heavy atom. The first-order chi connectivity index (χ1) is 16.8. The smallest absolute Gasteiger partial charge is 0.324 e. The average molecular weight is 518 g/mol. The molecule has 2 fully saturated rings. The minimum atomic E-state index is -0.942. The second-order valence-electron chi connectivity index (χ2n) is 10.7. The fourth-order valence-electron chi connectivity index (χ4n) is 5.74. The Morgan fingerprint density at radius 1 is 1.06 bits per heavy atom. The molecule has 1 aromatic heterocycles. The van der Waals surface area contributed by atoms with Crippen molar-refractivity contribution in [3.05, 3.63) is 30.5 Å². The standard InChI is InChI=1S/C27H39N3O3S2/c1-27(2,24(31)32)35-23-18-28-25(34-23)29-26(33)30(21-12-8-3-4-9-13-21)22-16-14-20(15-17-22)19-10-6-5-7-11-19/h5-7,10,18-22H,3-4,8-9,11-17H2,1-2H3,(H,31,32)(H,28,29,33)/t19?,20-,22-. The molecular formula is C27H39N3O3S2. The van der Waals surface area contributed by atoms with Crippen molar-refractivity contribution < 1.29 is 14.7 Å². The highest BCUT2D eigenvalue weighted by molar-refractivity contribution is 8.03. The van der Waals surface area contributed by atoms with Gasteiger partial charge in [-0.15, -0.1) is 0 Å². The van der Waals surface area contributed by atoms with E-state index in [2.05, 4.69) is 39.5 Å². The number of carbonyl (C=O) groups is 2. The maximum absolute atomic E-state index is 13.7. The molecule has 0 saturated heterocycles. The van der Waals surface area contributed by atoms with Crippen LogP contribution in [0.25, 0.3) is 0 Å². The first kappa shape index (κ1) is 26.3. The van der Waals surface area contributed by atoms with E-state index in [1.54, 1.807) is 20.0 Å². The molecule has 0 bridgehead atoms. The lowest BCUT2D eigenvalue weighted by Crippen LogP contribution is -2.50. The highest BCUT2D eigenvalue weighted by Gasteiger charge is 2.36. The second-order valence-corrected chi connectivity index (χ2v) is 13.6. The summed E-state index contributed by atoms with van der Waals surface area (Å²) < 4.78 is -0.147. The molecule has 2 saturated carbocycles.